The molecule has 1 fully saturated rings. The summed E-state index contributed by atoms with van der Waals surface area (Å²) in [7, 11) is -3.21. The van der Waals surface area contributed by atoms with Crippen LogP contribution >= 0.6 is 0 Å². The van der Waals surface area contributed by atoms with Crippen LogP contribution in [-0.4, -0.2) is 25.3 Å². The summed E-state index contributed by atoms with van der Waals surface area (Å²) in [5, 5.41) is 1.07. The van der Waals surface area contributed by atoms with E-state index in [0.717, 1.165) is 37.5 Å². The van der Waals surface area contributed by atoms with Crippen LogP contribution in [0.2, 0.25) is 0 Å². The van der Waals surface area contributed by atoms with E-state index in [-0.39, 0.29) is 6.04 Å². The van der Waals surface area contributed by atoms with Crippen molar-refractivity contribution in [3.63, 3.8) is 0 Å². The highest BCUT2D eigenvalue weighted by Crippen LogP contribution is 2.22. The molecule has 0 aromatic rings. The van der Waals surface area contributed by atoms with E-state index in [1.807, 2.05) is 6.92 Å². The van der Waals surface area contributed by atoms with Gasteiger partial charge in [0.25, 0.3) is 0 Å². The van der Waals surface area contributed by atoms with Crippen LogP contribution in [0.3, 0.4) is 0 Å². The monoisotopic (exact) mass is 217 g/mol. The topological polar surface area (TPSA) is 37.4 Å². The van der Waals surface area contributed by atoms with E-state index in [9.17, 15) is 8.42 Å². The summed E-state index contributed by atoms with van der Waals surface area (Å²) in [5.41, 5.74) is 0. The van der Waals surface area contributed by atoms with Crippen molar-refractivity contribution in [3.8, 4) is 0 Å². The minimum absolute atomic E-state index is 0.181. The van der Waals surface area contributed by atoms with Crippen molar-refractivity contribution in [1.29, 1.82) is 0 Å². The summed E-state index contributed by atoms with van der Waals surface area (Å²) in [6, 6.07) is 0.181. The second-order valence-electron chi connectivity index (χ2n) is 3.73. The summed E-state index contributed by atoms with van der Waals surface area (Å²) in [4.78, 5) is 0. The van der Waals surface area contributed by atoms with E-state index in [2.05, 4.69) is 6.58 Å². The average molecular weight is 217 g/mol. The molecule has 1 aliphatic heterocycles. The molecule has 0 amide bonds. The maximum atomic E-state index is 11.7. The van der Waals surface area contributed by atoms with Crippen LogP contribution in [0.15, 0.2) is 12.0 Å². The van der Waals surface area contributed by atoms with Gasteiger partial charge in [0, 0.05) is 18.0 Å². The lowest BCUT2D eigenvalue weighted by Crippen LogP contribution is -2.38. The lowest BCUT2D eigenvalue weighted by Gasteiger charge is -2.26. The Kier molecular flexibility index (Phi) is 4.13. The van der Waals surface area contributed by atoms with Gasteiger partial charge < -0.3 is 0 Å². The first-order chi connectivity index (χ1) is 6.61. The lowest BCUT2D eigenvalue weighted by molar-refractivity contribution is 0.319. The van der Waals surface area contributed by atoms with Gasteiger partial charge in [-0.3, -0.25) is 0 Å². The zero-order valence-electron chi connectivity index (χ0n) is 8.78. The smallest absolute Gasteiger partial charge is 0.208 e. The van der Waals surface area contributed by atoms with Gasteiger partial charge in [0.15, 0.2) is 0 Å². The third-order valence-electron chi connectivity index (χ3n) is 2.83. The molecule has 1 atom stereocenters. The number of rotatable bonds is 3. The lowest BCUT2D eigenvalue weighted by atomic mass is 10.1. The quantitative estimate of drug-likeness (QED) is 0.726. The molecule has 1 unspecified atom stereocenters. The third-order valence-corrected chi connectivity index (χ3v) is 4.39. The van der Waals surface area contributed by atoms with E-state index >= 15 is 0 Å². The third kappa shape index (κ3) is 2.58. The van der Waals surface area contributed by atoms with Gasteiger partial charge in [0.05, 0.1) is 0 Å². The molecule has 1 saturated heterocycles. The predicted octanol–water partition coefficient (Wildman–Crippen LogP) is 2.11. The normalized spacial score (nSPS) is 25.6. The fourth-order valence-corrected chi connectivity index (χ4v) is 3.23. The van der Waals surface area contributed by atoms with Crippen LogP contribution in [0.4, 0.5) is 0 Å². The molecule has 0 saturated carbocycles. The van der Waals surface area contributed by atoms with Gasteiger partial charge in [0.2, 0.25) is 10.0 Å². The average Bonchev–Trinajstić information content (AvgIpc) is 2.42. The first kappa shape index (κ1) is 11.7. The highest BCUT2D eigenvalue weighted by Gasteiger charge is 2.27. The molecular weight excluding hydrogens is 198 g/mol. The zero-order chi connectivity index (χ0) is 10.6. The van der Waals surface area contributed by atoms with Gasteiger partial charge >= 0.3 is 0 Å². The van der Waals surface area contributed by atoms with Crippen LogP contribution in [-0.2, 0) is 10.0 Å². The minimum atomic E-state index is -3.21. The molecular formula is C10H19NO2S. The Hall–Kier alpha value is -0.350. The van der Waals surface area contributed by atoms with Crippen molar-refractivity contribution < 1.29 is 8.42 Å². The van der Waals surface area contributed by atoms with Crippen LogP contribution < -0.4 is 0 Å². The molecule has 0 radical (unpaired) electrons. The summed E-state index contributed by atoms with van der Waals surface area (Å²) >= 11 is 0. The summed E-state index contributed by atoms with van der Waals surface area (Å²) in [6.45, 7) is 6.08. The Morgan fingerprint density at radius 3 is 2.71 bits per heavy atom. The van der Waals surface area contributed by atoms with Gasteiger partial charge in [-0.1, -0.05) is 26.3 Å². The molecule has 1 rings (SSSR count). The molecule has 0 spiro atoms. The molecule has 1 heterocycles. The molecule has 4 heteroatoms. The van der Waals surface area contributed by atoms with Crippen molar-refractivity contribution in [1.82, 2.24) is 4.31 Å². The highest BCUT2D eigenvalue weighted by atomic mass is 32.2. The van der Waals surface area contributed by atoms with Gasteiger partial charge in [-0.15, -0.1) is 0 Å². The van der Waals surface area contributed by atoms with Crippen LogP contribution in [0.25, 0.3) is 0 Å². The molecule has 1 aliphatic rings. The molecule has 3 nitrogen and oxygen atoms in total. The summed E-state index contributed by atoms with van der Waals surface area (Å²) in [6.07, 6.45) is 5.14. The Labute approximate surface area is 86.8 Å². The fourth-order valence-electron chi connectivity index (χ4n) is 1.99. The Morgan fingerprint density at radius 2 is 2.14 bits per heavy atom. The summed E-state index contributed by atoms with van der Waals surface area (Å²) in [5.74, 6) is 0. The van der Waals surface area contributed by atoms with Crippen molar-refractivity contribution in [2.75, 3.05) is 6.54 Å². The van der Waals surface area contributed by atoms with E-state index in [4.69, 9.17) is 0 Å². The van der Waals surface area contributed by atoms with Crippen LogP contribution in [0.5, 0.6) is 0 Å². The van der Waals surface area contributed by atoms with Crippen LogP contribution in [0.1, 0.15) is 39.0 Å². The standard InChI is InChI=1S/C10H19NO2S/c1-3-10-8-6-5-7-9-11(10)14(12,13)4-2/h4,10H,2-3,5-9H2,1H3. The molecule has 0 aromatic carbocycles. The predicted molar refractivity (Wildman–Crippen MR) is 58.4 cm³/mol. The van der Waals surface area contributed by atoms with Gasteiger partial charge in [-0.05, 0) is 19.3 Å². The molecule has 0 bridgehead atoms. The second-order valence-corrected chi connectivity index (χ2v) is 5.57. The first-order valence-corrected chi connectivity index (χ1v) is 6.76. The van der Waals surface area contributed by atoms with Gasteiger partial charge in [0.1, 0.15) is 0 Å². The fraction of sp³-hybridized carbons (Fsp3) is 0.800. The van der Waals surface area contributed by atoms with Crippen molar-refractivity contribution in [3.05, 3.63) is 12.0 Å². The molecule has 0 aromatic heterocycles. The Bertz CT molecular complexity index is 284. The number of nitrogens with zero attached hydrogens (tertiary/aromatic N) is 1. The minimum Gasteiger partial charge on any atom is -0.208 e. The first-order valence-electron chi connectivity index (χ1n) is 5.26. The largest absolute Gasteiger partial charge is 0.235 e. The Morgan fingerprint density at radius 1 is 1.43 bits per heavy atom. The van der Waals surface area contributed by atoms with E-state index in [1.54, 1.807) is 4.31 Å². The van der Waals surface area contributed by atoms with Gasteiger partial charge in [-0.25, -0.2) is 8.42 Å². The van der Waals surface area contributed by atoms with Gasteiger partial charge in [-0.2, -0.15) is 4.31 Å². The van der Waals surface area contributed by atoms with Crippen LogP contribution in [0, 0.1) is 0 Å². The van der Waals surface area contributed by atoms with Crippen molar-refractivity contribution >= 4 is 10.0 Å². The van der Waals surface area contributed by atoms with E-state index < -0.39 is 10.0 Å². The molecule has 14 heavy (non-hydrogen) atoms. The second kappa shape index (κ2) is 4.94. The van der Waals surface area contributed by atoms with Crippen molar-refractivity contribution in [2.45, 2.75) is 45.1 Å². The maximum absolute atomic E-state index is 11.7. The van der Waals surface area contributed by atoms with E-state index in [0.29, 0.717) is 6.54 Å². The molecule has 0 aliphatic carbocycles. The maximum Gasteiger partial charge on any atom is 0.235 e. The molecule has 0 N–H and O–H groups in total. The molecule has 82 valence electrons. The Balaban J connectivity index is 2.85. The SMILES string of the molecule is C=CS(=O)(=O)N1CCCCCC1CC. The number of sulfonamides is 1. The number of hydrogen-bond acceptors (Lipinski definition) is 2. The zero-order valence-corrected chi connectivity index (χ0v) is 9.59. The highest BCUT2D eigenvalue weighted by molar-refractivity contribution is 7.92. The summed E-state index contributed by atoms with van der Waals surface area (Å²) < 4.78 is 25.0. The van der Waals surface area contributed by atoms with E-state index in [1.165, 1.54) is 0 Å². The van der Waals surface area contributed by atoms with Crippen molar-refractivity contribution in [2.24, 2.45) is 0 Å². The number of hydrogen-bond donors (Lipinski definition) is 0.